The number of thioether (sulfide) groups is 1. The van der Waals surface area contributed by atoms with Gasteiger partial charge in [-0.05, 0) is 19.3 Å². The minimum atomic E-state index is 0.175. The SMILES string of the molecule is CC(=O)S[C@@H]1CC[C@@H](C#N)C1. The molecule has 1 fully saturated rings. The zero-order chi connectivity index (χ0) is 8.27. The van der Waals surface area contributed by atoms with E-state index in [4.69, 9.17) is 5.26 Å². The van der Waals surface area contributed by atoms with E-state index in [9.17, 15) is 4.79 Å². The summed E-state index contributed by atoms with van der Waals surface area (Å²) < 4.78 is 0. The highest BCUT2D eigenvalue weighted by Crippen LogP contribution is 2.33. The van der Waals surface area contributed by atoms with Crippen molar-refractivity contribution in [2.75, 3.05) is 0 Å². The van der Waals surface area contributed by atoms with E-state index in [2.05, 4.69) is 6.07 Å². The molecule has 0 aromatic heterocycles. The van der Waals surface area contributed by atoms with Gasteiger partial charge in [0.1, 0.15) is 0 Å². The first-order valence-electron chi connectivity index (χ1n) is 3.79. The molecular formula is C8H11NOS. The van der Waals surface area contributed by atoms with E-state index in [1.54, 1.807) is 6.92 Å². The van der Waals surface area contributed by atoms with Crippen molar-refractivity contribution in [1.29, 1.82) is 5.26 Å². The van der Waals surface area contributed by atoms with Crippen LogP contribution in [0.15, 0.2) is 0 Å². The van der Waals surface area contributed by atoms with Crippen LogP contribution in [0.2, 0.25) is 0 Å². The maximum absolute atomic E-state index is 10.7. The Labute approximate surface area is 71.0 Å². The van der Waals surface area contributed by atoms with Gasteiger partial charge >= 0.3 is 0 Å². The Morgan fingerprint density at radius 2 is 2.36 bits per heavy atom. The predicted octanol–water partition coefficient (Wildman–Crippen LogP) is 1.96. The van der Waals surface area contributed by atoms with Crippen LogP contribution in [-0.2, 0) is 4.79 Å². The van der Waals surface area contributed by atoms with Gasteiger partial charge in [0, 0.05) is 18.1 Å². The molecule has 0 unspecified atom stereocenters. The van der Waals surface area contributed by atoms with E-state index in [1.165, 1.54) is 11.8 Å². The van der Waals surface area contributed by atoms with Crippen molar-refractivity contribution in [2.24, 2.45) is 5.92 Å². The zero-order valence-corrected chi connectivity index (χ0v) is 7.36. The molecule has 0 radical (unpaired) electrons. The molecule has 0 N–H and O–H groups in total. The number of rotatable bonds is 1. The molecule has 1 rings (SSSR count). The monoisotopic (exact) mass is 169 g/mol. The van der Waals surface area contributed by atoms with Crippen LogP contribution in [-0.4, -0.2) is 10.4 Å². The molecular weight excluding hydrogens is 158 g/mol. The Kier molecular flexibility index (Phi) is 2.95. The predicted molar refractivity (Wildman–Crippen MR) is 45.0 cm³/mol. The lowest BCUT2D eigenvalue weighted by molar-refractivity contribution is -0.109. The molecule has 0 saturated heterocycles. The van der Waals surface area contributed by atoms with Gasteiger partial charge in [-0.2, -0.15) is 5.26 Å². The molecule has 1 aliphatic rings. The lowest BCUT2D eigenvalue weighted by Gasteiger charge is -2.03. The molecule has 0 bridgehead atoms. The quantitative estimate of drug-likeness (QED) is 0.602. The van der Waals surface area contributed by atoms with Crippen LogP contribution >= 0.6 is 11.8 Å². The summed E-state index contributed by atoms with van der Waals surface area (Å²) in [4.78, 5) is 10.7. The average molecular weight is 169 g/mol. The molecule has 1 aliphatic carbocycles. The third kappa shape index (κ3) is 2.55. The van der Waals surface area contributed by atoms with Crippen molar-refractivity contribution in [3.8, 4) is 6.07 Å². The second kappa shape index (κ2) is 3.77. The van der Waals surface area contributed by atoms with Crippen LogP contribution in [0.4, 0.5) is 0 Å². The van der Waals surface area contributed by atoms with Gasteiger partial charge in [0.25, 0.3) is 0 Å². The molecule has 0 spiro atoms. The van der Waals surface area contributed by atoms with Crippen molar-refractivity contribution >= 4 is 16.9 Å². The highest BCUT2D eigenvalue weighted by Gasteiger charge is 2.25. The third-order valence-electron chi connectivity index (χ3n) is 1.90. The normalized spacial score (nSPS) is 29.8. The third-order valence-corrected chi connectivity index (χ3v) is 2.99. The van der Waals surface area contributed by atoms with Crippen LogP contribution in [0.25, 0.3) is 0 Å². The van der Waals surface area contributed by atoms with Gasteiger partial charge in [0.2, 0.25) is 0 Å². The number of hydrogen-bond donors (Lipinski definition) is 0. The summed E-state index contributed by atoms with van der Waals surface area (Å²) in [6.45, 7) is 1.59. The van der Waals surface area contributed by atoms with Gasteiger partial charge in [0.15, 0.2) is 5.12 Å². The van der Waals surface area contributed by atoms with E-state index in [-0.39, 0.29) is 11.0 Å². The Balaban J connectivity index is 2.31. The summed E-state index contributed by atoms with van der Waals surface area (Å²) in [5, 5.41) is 9.16. The second-order valence-corrected chi connectivity index (χ2v) is 4.35. The molecule has 0 aliphatic heterocycles. The minimum Gasteiger partial charge on any atom is -0.288 e. The Bertz CT molecular complexity index is 197. The van der Waals surface area contributed by atoms with Crippen LogP contribution in [0.3, 0.4) is 0 Å². The van der Waals surface area contributed by atoms with Gasteiger partial charge in [0.05, 0.1) is 6.07 Å². The van der Waals surface area contributed by atoms with Gasteiger partial charge in [-0.15, -0.1) is 0 Å². The van der Waals surface area contributed by atoms with Crippen LogP contribution in [0.1, 0.15) is 26.2 Å². The van der Waals surface area contributed by atoms with E-state index >= 15 is 0 Å². The maximum atomic E-state index is 10.7. The first-order chi connectivity index (χ1) is 5.22. The Hall–Kier alpha value is -0.490. The molecule has 0 aromatic rings. The van der Waals surface area contributed by atoms with Gasteiger partial charge in [-0.1, -0.05) is 11.8 Å². The van der Waals surface area contributed by atoms with Crippen LogP contribution in [0, 0.1) is 17.2 Å². The van der Waals surface area contributed by atoms with Crippen molar-refractivity contribution in [1.82, 2.24) is 0 Å². The number of nitrogens with zero attached hydrogens (tertiary/aromatic N) is 1. The van der Waals surface area contributed by atoms with Crippen LogP contribution < -0.4 is 0 Å². The lowest BCUT2D eigenvalue weighted by Crippen LogP contribution is -1.99. The van der Waals surface area contributed by atoms with E-state index in [0.717, 1.165) is 19.3 Å². The number of carbonyl (C=O) groups excluding carboxylic acids is 1. The van der Waals surface area contributed by atoms with Crippen molar-refractivity contribution in [3.05, 3.63) is 0 Å². The fraction of sp³-hybridized carbons (Fsp3) is 0.750. The maximum Gasteiger partial charge on any atom is 0.186 e. The number of nitriles is 1. The largest absolute Gasteiger partial charge is 0.288 e. The molecule has 2 nitrogen and oxygen atoms in total. The summed E-state index contributed by atoms with van der Waals surface area (Å²) in [7, 11) is 0. The topological polar surface area (TPSA) is 40.9 Å². The minimum absolute atomic E-state index is 0.175. The Morgan fingerprint density at radius 3 is 2.82 bits per heavy atom. The van der Waals surface area contributed by atoms with E-state index in [0.29, 0.717) is 5.25 Å². The fourth-order valence-corrected chi connectivity index (χ4v) is 2.45. The average Bonchev–Trinajstić information content (AvgIpc) is 2.34. The molecule has 2 atom stereocenters. The lowest BCUT2D eigenvalue weighted by atomic mass is 10.1. The number of carbonyl (C=O) groups is 1. The van der Waals surface area contributed by atoms with Crippen LogP contribution in [0.5, 0.6) is 0 Å². The molecule has 60 valence electrons. The van der Waals surface area contributed by atoms with Crippen molar-refractivity contribution in [3.63, 3.8) is 0 Å². The highest BCUT2D eigenvalue weighted by molar-refractivity contribution is 8.14. The van der Waals surface area contributed by atoms with E-state index in [1.807, 2.05) is 0 Å². The number of hydrogen-bond acceptors (Lipinski definition) is 3. The summed E-state index contributed by atoms with van der Waals surface area (Å²) in [6.07, 6.45) is 2.91. The molecule has 0 amide bonds. The molecule has 11 heavy (non-hydrogen) atoms. The fourth-order valence-electron chi connectivity index (χ4n) is 1.40. The van der Waals surface area contributed by atoms with Gasteiger partial charge in [-0.3, -0.25) is 4.79 Å². The highest BCUT2D eigenvalue weighted by atomic mass is 32.2. The standard InChI is InChI=1S/C8H11NOS/c1-6(10)11-8-3-2-7(4-8)5-9/h7-8H,2-4H2,1H3/t7-,8-/m1/s1. The molecule has 3 heteroatoms. The van der Waals surface area contributed by atoms with Crippen molar-refractivity contribution < 1.29 is 4.79 Å². The first kappa shape index (κ1) is 8.61. The van der Waals surface area contributed by atoms with Crippen molar-refractivity contribution in [2.45, 2.75) is 31.4 Å². The smallest absolute Gasteiger partial charge is 0.186 e. The zero-order valence-electron chi connectivity index (χ0n) is 6.54. The van der Waals surface area contributed by atoms with Gasteiger partial charge in [-0.25, -0.2) is 0 Å². The van der Waals surface area contributed by atoms with Gasteiger partial charge < -0.3 is 0 Å². The molecule has 1 saturated carbocycles. The van der Waals surface area contributed by atoms with E-state index < -0.39 is 0 Å². The summed E-state index contributed by atoms with van der Waals surface area (Å²) in [5.74, 6) is 0.201. The Morgan fingerprint density at radius 1 is 1.64 bits per heavy atom. The summed E-state index contributed by atoms with van der Waals surface area (Å²) >= 11 is 1.39. The summed E-state index contributed by atoms with van der Waals surface area (Å²) in [6, 6.07) is 2.24. The summed E-state index contributed by atoms with van der Waals surface area (Å²) in [5.41, 5.74) is 0. The molecule has 0 aromatic carbocycles. The first-order valence-corrected chi connectivity index (χ1v) is 4.67. The second-order valence-electron chi connectivity index (χ2n) is 2.87. The molecule has 0 heterocycles.